The maximum atomic E-state index is 12.8. The summed E-state index contributed by atoms with van der Waals surface area (Å²) in [6, 6.07) is 0. The molecule has 1 saturated heterocycles. The van der Waals surface area contributed by atoms with E-state index in [2.05, 4.69) is 4.98 Å². The van der Waals surface area contributed by atoms with Gasteiger partial charge in [0, 0.05) is 45.3 Å². The molecule has 146 valence electrons. The molecule has 0 aromatic carbocycles. The number of aryl methyl sites for hydroxylation is 1. The summed E-state index contributed by atoms with van der Waals surface area (Å²) < 4.78 is 50.6. The van der Waals surface area contributed by atoms with Crippen LogP contribution in [0.15, 0.2) is 6.20 Å². The van der Waals surface area contributed by atoms with E-state index in [1.807, 2.05) is 0 Å². The number of halogens is 3. The molecule has 1 fully saturated rings. The van der Waals surface area contributed by atoms with Crippen LogP contribution < -0.4 is 0 Å². The van der Waals surface area contributed by atoms with Crippen LogP contribution in [0.1, 0.15) is 24.4 Å². The maximum Gasteiger partial charge on any atom is 0.434 e. The van der Waals surface area contributed by atoms with E-state index in [1.165, 1.54) is 0 Å². The number of fused-ring (bicyclic) bond motifs is 1. The normalized spacial score (nSPS) is 23.1. The summed E-state index contributed by atoms with van der Waals surface area (Å²) in [7, 11) is 1.70. The second-order valence-electron chi connectivity index (χ2n) is 7.12. The molecule has 0 bridgehead atoms. The van der Waals surface area contributed by atoms with E-state index < -0.39 is 11.9 Å². The molecule has 2 aliphatic heterocycles. The maximum absolute atomic E-state index is 12.8. The Kier molecular flexibility index (Phi) is 5.86. The molecule has 1 aromatic heterocycles. The second kappa shape index (κ2) is 7.96. The summed E-state index contributed by atoms with van der Waals surface area (Å²) in [6.07, 6.45) is -1.20. The van der Waals surface area contributed by atoms with Crippen molar-refractivity contribution in [3.63, 3.8) is 0 Å². The Labute approximate surface area is 150 Å². The number of rotatable bonds is 6. The van der Waals surface area contributed by atoms with Crippen molar-refractivity contribution < 1.29 is 27.4 Å². The Hall–Kier alpha value is -1.61. The Morgan fingerprint density at radius 2 is 2.23 bits per heavy atom. The molecule has 2 aliphatic rings. The lowest BCUT2D eigenvalue weighted by atomic mass is 9.99. The lowest BCUT2D eigenvalue weighted by Crippen LogP contribution is -2.37. The highest BCUT2D eigenvalue weighted by Crippen LogP contribution is 2.30. The first-order valence-electron chi connectivity index (χ1n) is 8.85. The molecule has 9 heteroatoms. The number of hydrogen-bond acceptors (Lipinski definition) is 4. The number of amides is 1. The minimum Gasteiger partial charge on any atom is -0.381 e. The summed E-state index contributed by atoms with van der Waals surface area (Å²) in [4.78, 5) is 17.4. The monoisotopic (exact) mass is 375 g/mol. The molecule has 0 aliphatic carbocycles. The number of aromatic nitrogens is 2. The van der Waals surface area contributed by atoms with Gasteiger partial charge in [-0.3, -0.25) is 4.79 Å². The Morgan fingerprint density at radius 1 is 1.42 bits per heavy atom. The molecule has 6 nitrogen and oxygen atoms in total. The summed E-state index contributed by atoms with van der Waals surface area (Å²) in [5.74, 6) is 0.810. The zero-order valence-corrected chi connectivity index (χ0v) is 14.8. The van der Waals surface area contributed by atoms with E-state index in [-0.39, 0.29) is 18.4 Å². The van der Waals surface area contributed by atoms with Gasteiger partial charge in [-0.1, -0.05) is 0 Å². The fourth-order valence-electron chi connectivity index (χ4n) is 3.43. The van der Waals surface area contributed by atoms with E-state index >= 15 is 0 Å². The van der Waals surface area contributed by atoms with Gasteiger partial charge in [-0.2, -0.15) is 13.2 Å². The van der Waals surface area contributed by atoms with Gasteiger partial charge in [0.2, 0.25) is 5.91 Å². The summed E-state index contributed by atoms with van der Waals surface area (Å²) in [6.45, 7) is 2.90. The van der Waals surface area contributed by atoms with E-state index in [0.717, 1.165) is 19.2 Å². The van der Waals surface area contributed by atoms with Crippen molar-refractivity contribution in [3.05, 3.63) is 17.7 Å². The minimum absolute atomic E-state index is 0.0221. The van der Waals surface area contributed by atoms with Gasteiger partial charge in [0.1, 0.15) is 12.4 Å². The highest BCUT2D eigenvalue weighted by molar-refractivity contribution is 5.77. The first kappa shape index (κ1) is 19.2. The first-order valence-corrected chi connectivity index (χ1v) is 8.85. The van der Waals surface area contributed by atoms with E-state index in [4.69, 9.17) is 9.47 Å². The van der Waals surface area contributed by atoms with Crippen molar-refractivity contribution in [2.75, 3.05) is 40.0 Å². The second-order valence-corrected chi connectivity index (χ2v) is 7.12. The van der Waals surface area contributed by atoms with Crippen molar-refractivity contribution in [2.45, 2.75) is 32.0 Å². The van der Waals surface area contributed by atoms with Crippen LogP contribution in [0.25, 0.3) is 0 Å². The van der Waals surface area contributed by atoms with Crippen LogP contribution in [0.2, 0.25) is 0 Å². The summed E-state index contributed by atoms with van der Waals surface area (Å²) in [5.41, 5.74) is -0.845. The average molecular weight is 375 g/mol. The van der Waals surface area contributed by atoms with Crippen LogP contribution in [0, 0.1) is 11.8 Å². The fraction of sp³-hybridized carbons (Fsp3) is 0.765. The lowest BCUT2D eigenvalue weighted by Gasteiger charge is -2.28. The zero-order valence-electron chi connectivity index (χ0n) is 14.8. The Balaban J connectivity index is 1.45. The van der Waals surface area contributed by atoms with Gasteiger partial charge in [0.25, 0.3) is 0 Å². The lowest BCUT2D eigenvalue weighted by molar-refractivity contribution is -0.141. The van der Waals surface area contributed by atoms with Gasteiger partial charge in [0.15, 0.2) is 5.69 Å². The molecular weight excluding hydrogens is 351 g/mol. The SMILES string of the molecule is CN(CC1CCc2nc(C(F)(F)F)cn2C1)C(=O)COCC1CCOC1. The predicted octanol–water partition coefficient (Wildman–Crippen LogP) is 1.98. The number of hydrogen-bond donors (Lipinski definition) is 0. The number of imidazole rings is 1. The van der Waals surface area contributed by atoms with Gasteiger partial charge in [-0.15, -0.1) is 0 Å². The number of carbonyl (C=O) groups excluding carboxylic acids is 1. The topological polar surface area (TPSA) is 56.6 Å². The van der Waals surface area contributed by atoms with Crippen LogP contribution in [0.4, 0.5) is 13.2 Å². The number of likely N-dealkylation sites (N-methyl/N-ethyl adjacent to an activating group) is 1. The minimum atomic E-state index is -4.42. The molecule has 1 amide bonds. The third-order valence-electron chi connectivity index (χ3n) is 4.94. The molecule has 0 saturated carbocycles. The molecular formula is C17H24F3N3O3. The summed E-state index contributed by atoms with van der Waals surface area (Å²) >= 11 is 0. The van der Waals surface area contributed by atoms with Crippen molar-refractivity contribution in [2.24, 2.45) is 11.8 Å². The number of alkyl halides is 3. The molecule has 0 radical (unpaired) electrons. The number of nitrogens with zero attached hydrogens (tertiary/aromatic N) is 3. The molecule has 2 atom stereocenters. The van der Waals surface area contributed by atoms with Crippen LogP contribution in [-0.2, 0) is 33.4 Å². The van der Waals surface area contributed by atoms with Crippen molar-refractivity contribution in [1.82, 2.24) is 14.5 Å². The first-order chi connectivity index (χ1) is 12.3. The molecule has 1 aromatic rings. The van der Waals surface area contributed by atoms with Gasteiger partial charge >= 0.3 is 6.18 Å². The van der Waals surface area contributed by atoms with E-state index in [1.54, 1.807) is 16.5 Å². The molecule has 0 N–H and O–H groups in total. The largest absolute Gasteiger partial charge is 0.434 e. The van der Waals surface area contributed by atoms with Gasteiger partial charge in [-0.05, 0) is 18.8 Å². The van der Waals surface area contributed by atoms with Crippen LogP contribution in [0.5, 0.6) is 0 Å². The molecule has 26 heavy (non-hydrogen) atoms. The highest BCUT2D eigenvalue weighted by atomic mass is 19.4. The quantitative estimate of drug-likeness (QED) is 0.763. The van der Waals surface area contributed by atoms with E-state index in [9.17, 15) is 18.0 Å². The molecule has 2 unspecified atom stereocenters. The Morgan fingerprint density at radius 3 is 2.92 bits per heavy atom. The van der Waals surface area contributed by atoms with Crippen molar-refractivity contribution in [1.29, 1.82) is 0 Å². The highest BCUT2D eigenvalue weighted by Gasteiger charge is 2.36. The van der Waals surface area contributed by atoms with Gasteiger partial charge in [-0.25, -0.2) is 4.98 Å². The van der Waals surface area contributed by atoms with Crippen LogP contribution >= 0.6 is 0 Å². The predicted molar refractivity (Wildman–Crippen MR) is 86.4 cm³/mol. The van der Waals surface area contributed by atoms with Crippen molar-refractivity contribution in [3.8, 4) is 0 Å². The molecule has 3 rings (SSSR count). The van der Waals surface area contributed by atoms with Gasteiger partial charge in [0.05, 0.1) is 13.2 Å². The van der Waals surface area contributed by atoms with E-state index in [0.29, 0.717) is 50.9 Å². The van der Waals surface area contributed by atoms with Gasteiger partial charge < -0.3 is 18.9 Å². The third kappa shape index (κ3) is 4.76. The van der Waals surface area contributed by atoms with Crippen LogP contribution in [-0.4, -0.2) is 60.4 Å². The standard InChI is InChI=1S/C17H24F3N3O3/c1-22(16(24)11-26-10-13-4-5-25-9-13)6-12-2-3-15-21-14(17(18,19)20)8-23(15)7-12/h8,12-13H,2-7,9-11H2,1H3. The number of carbonyl (C=O) groups is 1. The fourth-order valence-corrected chi connectivity index (χ4v) is 3.43. The summed E-state index contributed by atoms with van der Waals surface area (Å²) in [5, 5.41) is 0. The smallest absolute Gasteiger partial charge is 0.381 e. The molecule has 3 heterocycles. The Bertz CT molecular complexity index is 627. The third-order valence-corrected chi connectivity index (χ3v) is 4.94. The molecule has 0 spiro atoms. The average Bonchev–Trinajstić information content (AvgIpc) is 3.22. The van der Waals surface area contributed by atoms with Crippen molar-refractivity contribution >= 4 is 5.91 Å². The zero-order chi connectivity index (χ0) is 18.7. The van der Waals surface area contributed by atoms with Crippen LogP contribution in [0.3, 0.4) is 0 Å². The number of ether oxygens (including phenoxy) is 2.